The number of phenols is 2. The highest BCUT2D eigenvalue weighted by Crippen LogP contribution is 2.26. The van der Waals surface area contributed by atoms with Crippen LogP contribution in [-0.2, 0) is 19.1 Å². The Labute approximate surface area is 173 Å². The lowest BCUT2D eigenvalue weighted by atomic mass is 10.2. The lowest BCUT2D eigenvalue weighted by Crippen LogP contribution is -2.24. The van der Waals surface area contributed by atoms with Crippen molar-refractivity contribution in [1.29, 1.82) is 0 Å². The number of aromatic hydroxyl groups is 2. The molecule has 0 radical (unpaired) electrons. The predicted octanol–water partition coefficient (Wildman–Crippen LogP) is 2.28. The van der Waals surface area contributed by atoms with Crippen molar-refractivity contribution in [2.24, 2.45) is 0 Å². The molecule has 0 unspecified atom stereocenters. The molecule has 0 aliphatic carbocycles. The molecule has 0 aliphatic rings. The number of hydrogen-bond donors (Lipinski definition) is 3. The van der Waals surface area contributed by atoms with Gasteiger partial charge in [0, 0.05) is 12.2 Å². The highest BCUT2D eigenvalue weighted by atomic mass is 16.6. The van der Waals surface area contributed by atoms with Crippen LogP contribution in [0.5, 0.6) is 17.2 Å². The van der Waals surface area contributed by atoms with E-state index in [2.05, 4.69) is 0 Å². The van der Waals surface area contributed by atoms with Crippen LogP contribution in [0.15, 0.2) is 54.6 Å². The van der Waals surface area contributed by atoms with Crippen molar-refractivity contribution in [1.82, 2.24) is 0 Å². The molecule has 2 rings (SSSR count). The molecule has 3 N–H and O–H groups in total. The van der Waals surface area contributed by atoms with E-state index < -0.39 is 18.0 Å². The number of benzene rings is 2. The third-order valence-corrected chi connectivity index (χ3v) is 3.76. The number of esters is 2. The zero-order chi connectivity index (χ0) is 21.9. The summed E-state index contributed by atoms with van der Waals surface area (Å²) in [6, 6.07) is 10.8. The third-order valence-electron chi connectivity index (χ3n) is 3.76. The van der Waals surface area contributed by atoms with Crippen LogP contribution >= 0.6 is 0 Å². The van der Waals surface area contributed by atoms with E-state index >= 15 is 0 Å². The predicted molar refractivity (Wildman–Crippen MR) is 109 cm³/mol. The van der Waals surface area contributed by atoms with Gasteiger partial charge in [-0.05, 0) is 47.5 Å². The van der Waals surface area contributed by atoms with E-state index in [9.17, 15) is 24.9 Å². The SMILES string of the molecule is COc1cc(C=CC(=O)OC[C@H](O)COC(=O)C=Cc2ccc(O)cc2)ccc1O. The third kappa shape index (κ3) is 7.69. The summed E-state index contributed by atoms with van der Waals surface area (Å²) in [5, 5.41) is 28.5. The molecule has 1 atom stereocenters. The summed E-state index contributed by atoms with van der Waals surface area (Å²) >= 11 is 0. The highest BCUT2D eigenvalue weighted by molar-refractivity contribution is 5.87. The van der Waals surface area contributed by atoms with Crippen LogP contribution in [0.3, 0.4) is 0 Å². The molecule has 0 aliphatic heterocycles. The van der Waals surface area contributed by atoms with Gasteiger partial charge in [0.1, 0.15) is 25.1 Å². The van der Waals surface area contributed by atoms with E-state index in [-0.39, 0.29) is 30.5 Å². The lowest BCUT2D eigenvalue weighted by molar-refractivity contribution is -0.146. The molecule has 8 heteroatoms. The molecule has 30 heavy (non-hydrogen) atoms. The van der Waals surface area contributed by atoms with Gasteiger partial charge in [0.25, 0.3) is 0 Å². The average Bonchev–Trinajstić information content (AvgIpc) is 2.75. The van der Waals surface area contributed by atoms with Gasteiger partial charge < -0.3 is 29.5 Å². The van der Waals surface area contributed by atoms with Gasteiger partial charge in [-0.15, -0.1) is 0 Å². The second kappa shape index (κ2) is 11.3. The van der Waals surface area contributed by atoms with Crippen LogP contribution < -0.4 is 4.74 Å². The molecule has 0 saturated heterocycles. The summed E-state index contributed by atoms with van der Waals surface area (Å²) in [6.45, 7) is -0.693. The summed E-state index contributed by atoms with van der Waals surface area (Å²) in [5.74, 6) is -1.01. The molecule has 0 heterocycles. The normalized spacial score (nSPS) is 12.1. The number of carbonyl (C=O) groups excluding carboxylic acids is 2. The summed E-state index contributed by atoms with van der Waals surface area (Å²) in [5.41, 5.74) is 1.30. The zero-order valence-corrected chi connectivity index (χ0v) is 16.2. The van der Waals surface area contributed by atoms with Crippen LogP contribution in [0.25, 0.3) is 12.2 Å². The molecule has 0 aromatic heterocycles. The smallest absolute Gasteiger partial charge is 0.330 e. The summed E-state index contributed by atoms with van der Waals surface area (Å²) in [4.78, 5) is 23.4. The number of rotatable bonds is 9. The average molecular weight is 414 g/mol. The topological polar surface area (TPSA) is 123 Å². The largest absolute Gasteiger partial charge is 0.508 e. The molecule has 158 valence electrons. The molecule has 2 aromatic carbocycles. The van der Waals surface area contributed by atoms with Gasteiger partial charge in [-0.3, -0.25) is 0 Å². The van der Waals surface area contributed by atoms with Crippen LogP contribution in [-0.4, -0.2) is 53.7 Å². The highest BCUT2D eigenvalue weighted by Gasteiger charge is 2.10. The van der Waals surface area contributed by atoms with Crippen LogP contribution in [0.4, 0.5) is 0 Å². The first kappa shape index (κ1) is 22.5. The van der Waals surface area contributed by atoms with Gasteiger partial charge in [0.15, 0.2) is 11.5 Å². The van der Waals surface area contributed by atoms with Gasteiger partial charge in [0.05, 0.1) is 7.11 Å². The Bertz CT molecular complexity index is 915. The van der Waals surface area contributed by atoms with Crippen molar-refractivity contribution in [2.45, 2.75) is 6.10 Å². The summed E-state index contributed by atoms with van der Waals surface area (Å²) < 4.78 is 14.7. The first-order valence-electron chi connectivity index (χ1n) is 8.91. The van der Waals surface area contributed by atoms with Gasteiger partial charge in [0.2, 0.25) is 0 Å². The maximum absolute atomic E-state index is 11.7. The summed E-state index contributed by atoms with van der Waals surface area (Å²) in [6.07, 6.45) is 4.12. The molecule has 0 spiro atoms. The Hall–Kier alpha value is -3.78. The van der Waals surface area contributed by atoms with Crippen molar-refractivity contribution in [3.05, 3.63) is 65.7 Å². The molecule has 8 nitrogen and oxygen atoms in total. The number of aliphatic hydroxyl groups excluding tert-OH is 1. The van der Waals surface area contributed by atoms with E-state index in [1.54, 1.807) is 24.3 Å². The monoisotopic (exact) mass is 414 g/mol. The Morgan fingerprint density at radius 3 is 2.00 bits per heavy atom. The maximum Gasteiger partial charge on any atom is 0.330 e. The second-order valence-electron chi connectivity index (χ2n) is 6.10. The van der Waals surface area contributed by atoms with Crippen molar-refractivity contribution in [3.8, 4) is 17.2 Å². The van der Waals surface area contributed by atoms with Gasteiger partial charge in [-0.2, -0.15) is 0 Å². The van der Waals surface area contributed by atoms with E-state index in [0.29, 0.717) is 11.1 Å². The minimum absolute atomic E-state index is 0.0205. The Balaban J connectivity index is 1.71. The van der Waals surface area contributed by atoms with Gasteiger partial charge >= 0.3 is 11.9 Å². The Morgan fingerprint density at radius 2 is 1.43 bits per heavy atom. The fourth-order valence-electron chi connectivity index (χ4n) is 2.21. The first-order valence-corrected chi connectivity index (χ1v) is 8.91. The standard InChI is InChI=1S/C22H22O8/c1-28-20-12-16(4-9-19(20)25)6-11-22(27)30-14-18(24)13-29-21(26)10-5-15-2-7-17(23)8-3-15/h2-12,18,23-25H,13-14H2,1H3/t18-/m1/s1. The summed E-state index contributed by atoms with van der Waals surface area (Å²) in [7, 11) is 1.41. The van der Waals surface area contributed by atoms with Crippen molar-refractivity contribution in [2.75, 3.05) is 20.3 Å². The van der Waals surface area contributed by atoms with E-state index in [0.717, 1.165) is 6.08 Å². The fourth-order valence-corrected chi connectivity index (χ4v) is 2.21. The quantitative estimate of drug-likeness (QED) is 0.422. The maximum atomic E-state index is 11.7. The van der Waals surface area contributed by atoms with E-state index in [1.165, 1.54) is 43.5 Å². The number of hydrogen-bond acceptors (Lipinski definition) is 8. The number of aliphatic hydroxyl groups is 1. The van der Waals surface area contributed by atoms with Crippen LogP contribution in [0.2, 0.25) is 0 Å². The molecule has 0 bridgehead atoms. The lowest BCUT2D eigenvalue weighted by Gasteiger charge is -2.10. The van der Waals surface area contributed by atoms with Crippen molar-refractivity contribution < 1.29 is 39.1 Å². The minimum Gasteiger partial charge on any atom is -0.508 e. The molecule has 0 amide bonds. The Kier molecular flexibility index (Phi) is 8.46. The zero-order valence-electron chi connectivity index (χ0n) is 16.2. The molecular formula is C22H22O8. The van der Waals surface area contributed by atoms with E-state index in [1.807, 2.05) is 0 Å². The van der Waals surface area contributed by atoms with Crippen molar-refractivity contribution >= 4 is 24.1 Å². The van der Waals surface area contributed by atoms with Crippen LogP contribution in [0.1, 0.15) is 11.1 Å². The van der Waals surface area contributed by atoms with Crippen molar-refractivity contribution in [3.63, 3.8) is 0 Å². The molecule has 0 fully saturated rings. The fraction of sp³-hybridized carbons (Fsp3) is 0.182. The van der Waals surface area contributed by atoms with Crippen LogP contribution in [0, 0.1) is 0 Å². The van der Waals surface area contributed by atoms with E-state index in [4.69, 9.17) is 14.2 Å². The Morgan fingerprint density at radius 1 is 0.900 bits per heavy atom. The number of carbonyl (C=O) groups is 2. The number of phenolic OH excluding ortho intramolecular Hbond substituents is 2. The second-order valence-corrected chi connectivity index (χ2v) is 6.10. The first-order chi connectivity index (χ1) is 14.4. The minimum atomic E-state index is -1.18. The molecule has 2 aromatic rings. The van der Waals surface area contributed by atoms with Gasteiger partial charge in [-0.25, -0.2) is 9.59 Å². The van der Waals surface area contributed by atoms with Gasteiger partial charge in [-0.1, -0.05) is 18.2 Å². The molecular weight excluding hydrogens is 392 g/mol. The number of ether oxygens (including phenoxy) is 3. The molecule has 0 saturated carbocycles. The number of methoxy groups -OCH3 is 1.